The minimum absolute atomic E-state index is 0.0363. The summed E-state index contributed by atoms with van der Waals surface area (Å²) in [7, 11) is 0. The highest BCUT2D eigenvalue weighted by molar-refractivity contribution is 7.10. The smallest absolute Gasteiger partial charge is 0.427 e. The zero-order valence-corrected chi connectivity index (χ0v) is 13.5. The molecule has 2 unspecified atom stereocenters. The Morgan fingerprint density at radius 1 is 1.20 bits per heavy atom. The van der Waals surface area contributed by atoms with Gasteiger partial charge in [0, 0.05) is 19.0 Å². The molecule has 0 bridgehead atoms. The second-order valence-electron chi connectivity index (χ2n) is 5.70. The van der Waals surface area contributed by atoms with Gasteiger partial charge in [-0.05, 0) is 5.56 Å². The molecule has 1 aromatic carbocycles. The third-order valence-corrected chi connectivity index (χ3v) is 5.05. The lowest BCUT2D eigenvalue weighted by Crippen LogP contribution is -2.31. The normalized spacial score (nSPS) is 20.7. The molecule has 1 N–H and O–H groups in total. The number of nitrogens with zero attached hydrogens (tertiary/aromatic N) is 2. The quantitative estimate of drug-likeness (QED) is 0.901. The average molecular weight is 370 g/mol. The van der Waals surface area contributed by atoms with Crippen molar-refractivity contribution in [2.75, 3.05) is 13.1 Å². The molecular weight excluding hydrogens is 357 g/mol. The van der Waals surface area contributed by atoms with E-state index in [1.807, 2.05) is 0 Å². The van der Waals surface area contributed by atoms with Crippen molar-refractivity contribution in [1.82, 2.24) is 9.88 Å². The molecule has 0 radical (unpaired) electrons. The van der Waals surface area contributed by atoms with E-state index < -0.39 is 40.5 Å². The fraction of sp³-hybridized carbons (Fsp3) is 0.312. The van der Waals surface area contributed by atoms with Gasteiger partial charge in [0.1, 0.15) is 4.88 Å². The molecule has 1 amide bonds. The first kappa shape index (κ1) is 17.4. The lowest BCUT2D eigenvalue weighted by Gasteiger charge is -2.16. The molecule has 25 heavy (non-hydrogen) atoms. The number of halogens is 3. The lowest BCUT2D eigenvalue weighted by atomic mass is 9.89. The van der Waals surface area contributed by atoms with Gasteiger partial charge in [0.15, 0.2) is 5.69 Å². The molecule has 2 aromatic rings. The van der Waals surface area contributed by atoms with Crippen LogP contribution in [0.4, 0.5) is 13.2 Å². The summed E-state index contributed by atoms with van der Waals surface area (Å²) in [6.45, 7) is -0.114. The van der Waals surface area contributed by atoms with Crippen molar-refractivity contribution in [2.24, 2.45) is 5.92 Å². The molecule has 2 atom stereocenters. The molecule has 0 spiro atoms. The van der Waals surface area contributed by atoms with E-state index in [4.69, 9.17) is 0 Å². The van der Waals surface area contributed by atoms with E-state index in [0.717, 1.165) is 16.0 Å². The van der Waals surface area contributed by atoms with Gasteiger partial charge in [0.25, 0.3) is 5.91 Å². The molecule has 2 heterocycles. The van der Waals surface area contributed by atoms with E-state index in [-0.39, 0.29) is 13.1 Å². The van der Waals surface area contributed by atoms with Crippen LogP contribution in [0, 0.1) is 5.92 Å². The predicted molar refractivity (Wildman–Crippen MR) is 83.3 cm³/mol. The van der Waals surface area contributed by atoms with Gasteiger partial charge in [-0.25, -0.2) is 4.98 Å². The number of rotatable bonds is 3. The Labute approximate surface area is 144 Å². The second kappa shape index (κ2) is 6.47. The van der Waals surface area contributed by atoms with E-state index in [2.05, 4.69) is 4.98 Å². The van der Waals surface area contributed by atoms with E-state index in [1.54, 1.807) is 30.3 Å². The van der Waals surface area contributed by atoms with Crippen molar-refractivity contribution >= 4 is 23.2 Å². The summed E-state index contributed by atoms with van der Waals surface area (Å²) in [6, 6.07) is 8.78. The summed E-state index contributed by atoms with van der Waals surface area (Å²) in [5, 5.41) is 9.43. The first-order chi connectivity index (χ1) is 11.8. The number of thiazole rings is 1. The van der Waals surface area contributed by atoms with Crippen molar-refractivity contribution in [3.63, 3.8) is 0 Å². The maximum atomic E-state index is 13.0. The van der Waals surface area contributed by atoms with Crippen LogP contribution < -0.4 is 0 Å². The van der Waals surface area contributed by atoms with Gasteiger partial charge in [0.05, 0.1) is 11.4 Å². The van der Waals surface area contributed by atoms with Crippen molar-refractivity contribution in [3.8, 4) is 0 Å². The number of hydrogen-bond donors (Lipinski definition) is 1. The van der Waals surface area contributed by atoms with Crippen molar-refractivity contribution in [1.29, 1.82) is 0 Å². The molecule has 1 aliphatic rings. The average Bonchev–Trinajstić information content (AvgIpc) is 3.22. The first-order valence-electron chi connectivity index (χ1n) is 7.36. The number of hydrogen-bond acceptors (Lipinski definition) is 4. The number of likely N-dealkylation sites (tertiary alicyclic amines) is 1. The van der Waals surface area contributed by atoms with Gasteiger partial charge < -0.3 is 10.0 Å². The summed E-state index contributed by atoms with van der Waals surface area (Å²) >= 11 is 0.348. The van der Waals surface area contributed by atoms with Crippen LogP contribution in [0.5, 0.6) is 0 Å². The molecular formula is C16H13F3N2O3S. The summed E-state index contributed by atoms with van der Waals surface area (Å²) in [5.74, 6) is -3.33. The minimum atomic E-state index is -4.67. The summed E-state index contributed by atoms with van der Waals surface area (Å²) in [6.07, 6.45) is -4.67. The summed E-state index contributed by atoms with van der Waals surface area (Å²) in [4.78, 5) is 27.7. The Balaban J connectivity index is 1.88. The fourth-order valence-corrected chi connectivity index (χ4v) is 3.66. The van der Waals surface area contributed by atoms with Crippen LogP contribution in [0.15, 0.2) is 35.8 Å². The van der Waals surface area contributed by atoms with Crippen LogP contribution >= 0.6 is 11.3 Å². The third-order valence-electron chi connectivity index (χ3n) is 4.18. The molecule has 0 aliphatic carbocycles. The molecule has 3 rings (SSSR count). The highest BCUT2D eigenvalue weighted by Crippen LogP contribution is 2.37. The Bertz CT molecular complexity index is 791. The fourth-order valence-electron chi connectivity index (χ4n) is 3.01. The molecule has 9 heteroatoms. The molecule has 5 nitrogen and oxygen atoms in total. The molecule has 1 fully saturated rings. The van der Waals surface area contributed by atoms with Crippen LogP contribution in [0.1, 0.15) is 26.8 Å². The lowest BCUT2D eigenvalue weighted by molar-refractivity contribution is -0.141. The van der Waals surface area contributed by atoms with Crippen LogP contribution in [0.25, 0.3) is 0 Å². The van der Waals surface area contributed by atoms with Crippen LogP contribution in [0.2, 0.25) is 0 Å². The summed E-state index contributed by atoms with van der Waals surface area (Å²) in [5.41, 5.74) is 1.03. The van der Waals surface area contributed by atoms with Gasteiger partial charge in [-0.3, -0.25) is 9.59 Å². The van der Waals surface area contributed by atoms with Gasteiger partial charge in [-0.15, -0.1) is 11.3 Å². The predicted octanol–water partition coefficient (Wildman–Crippen LogP) is 3.10. The maximum Gasteiger partial charge on any atom is 0.427 e. The largest absolute Gasteiger partial charge is 0.481 e. The monoisotopic (exact) mass is 370 g/mol. The molecule has 0 saturated carbocycles. The number of aromatic nitrogens is 1. The zero-order valence-electron chi connectivity index (χ0n) is 12.7. The Hall–Kier alpha value is -2.42. The SMILES string of the molecule is O=C(O)C1CN(C(=O)c2ncsc2C(F)(F)F)CC1c1ccccc1. The van der Waals surface area contributed by atoms with E-state index in [9.17, 15) is 27.9 Å². The number of carbonyl (C=O) groups excluding carboxylic acids is 1. The van der Waals surface area contributed by atoms with Gasteiger partial charge in [0.2, 0.25) is 0 Å². The zero-order chi connectivity index (χ0) is 18.2. The molecule has 1 aromatic heterocycles. The second-order valence-corrected chi connectivity index (χ2v) is 6.55. The molecule has 132 valence electrons. The Kier molecular flexibility index (Phi) is 4.51. The number of aliphatic carboxylic acids is 1. The number of carboxylic acid groups (broad SMARTS) is 1. The van der Waals surface area contributed by atoms with E-state index in [0.29, 0.717) is 11.3 Å². The van der Waals surface area contributed by atoms with Crippen molar-refractivity contribution in [2.45, 2.75) is 12.1 Å². The Morgan fingerprint density at radius 3 is 2.48 bits per heavy atom. The first-order valence-corrected chi connectivity index (χ1v) is 8.24. The van der Waals surface area contributed by atoms with Crippen LogP contribution in [-0.2, 0) is 11.0 Å². The number of benzene rings is 1. The van der Waals surface area contributed by atoms with Gasteiger partial charge in [-0.1, -0.05) is 30.3 Å². The number of carboxylic acids is 1. The molecule has 1 saturated heterocycles. The number of alkyl halides is 3. The Morgan fingerprint density at radius 2 is 1.88 bits per heavy atom. The summed E-state index contributed by atoms with van der Waals surface area (Å²) < 4.78 is 38.9. The molecule has 1 aliphatic heterocycles. The maximum absolute atomic E-state index is 13.0. The highest BCUT2D eigenvalue weighted by atomic mass is 32.1. The van der Waals surface area contributed by atoms with Crippen LogP contribution in [0.3, 0.4) is 0 Å². The van der Waals surface area contributed by atoms with Gasteiger partial charge in [-0.2, -0.15) is 13.2 Å². The standard InChI is InChI=1S/C16H13F3N2O3S/c17-16(18,19)13-12(20-8-25-13)14(22)21-6-10(11(7-21)15(23)24)9-4-2-1-3-5-9/h1-5,8,10-11H,6-7H2,(H,23,24). The topological polar surface area (TPSA) is 70.5 Å². The van der Waals surface area contributed by atoms with E-state index >= 15 is 0 Å². The van der Waals surface area contributed by atoms with Crippen molar-refractivity contribution < 1.29 is 27.9 Å². The number of amides is 1. The highest BCUT2D eigenvalue weighted by Gasteiger charge is 2.44. The van der Waals surface area contributed by atoms with Crippen molar-refractivity contribution in [3.05, 3.63) is 52.0 Å². The van der Waals surface area contributed by atoms with E-state index in [1.165, 1.54) is 0 Å². The number of carbonyl (C=O) groups is 2. The third kappa shape index (κ3) is 3.37. The minimum Gasteiger partial charge on any atom is -0.481 e. The van der Waals surface area contributed by atoms with Crippen LogP contribution in [-0.4, -0.2) is 40.0 Å². The van der Waals surface area contributed by atoms with Gasteiger partial charge >= 0.3 is 12.1 Å².